The highest BCUT2D eigenvalue weighted by Gasteiger charge is 2.43. The molecule has 0 atom stereocenters. The number of halogens is 1. The molecule has 0 unspecified atom stereocenters. The van der Waals surface area contributed by atoms with Crippen molar-refractivity contribution in [2.75, 3.05) is 32.3 Å². The molecule has 4 nitrogen and oxygen atoms in total. The zero-order valence-electron chi connectivity index (χ0n) is 13.8. The van der Waals surface area contributed by atoms with Crippen LogP contribution >= 0.6 is 11.6 Å². The van der Waals surface area contributed by atoms with Crippen LogP contribution < -0.4 is 5.46 Å². The Kier molecular flexibility index (Phi) is 5.34. The normalized spacial score (nSPS) is 23.2. The van der Waals surface area contributed by atoms with Gasteiger partial charge in [-0.1, -0.05) is 38.1 Å². The maximum Gasteiger partial charge on any atom is 0.494 e. The van der Waals surface area contributed by atoms with Crippen LogP contribution in [0.4, 0.5) is 0 Å². The lowest BCUT2D eigenvalue weighted by Gasteiger charge is -2.35. The fourth-order valence-corrected chi connectivity index (χ4v) is 3.24. The monoisotopic (exact) mass is 338 g/mol. The van der Waals surface area contributed by atoms with Crippen LogP contribution in [0.1, 0.15) is 32.3 Å². The lowest BCUT2D eigenvalue weighted by molar-refractivity contribution is -0.170. The molecule has 6 heteroatoms. The molecule has 2 aliphatic rings. The second-order valence-electron chi connectivity index (χ2n) is 6.95. The van der Waals surface area contributed by atoms with Gasteiger partial charge in [-0.25, -0.2) is 0 Å². The molecule has 1 aromatic carbocycles. The molecule has 23 heavy (non-hydrogen) atoms. The van der Waals surface area contributed by atoms with E-state index in [1.165, 1.54) is 0 Å². The Morgan fingerprint density at radius 1 is 1.09 bits per heavy atom. The molecule has 2 aliphatic heterocycles. The van der Waals surface area contributed by atoms with Gasteiger partial charge in [-0.2, -0.15) is 0 Å². The second-order valence-corrected chi connectivity index (χ2v) is 7.33. The molecule has 2 heterocycles. The van der Waals surface area contributed by atoms with Gasteiger partial charge in [0.05, 0.1) is 13.2 Å². The number of ether oxygens (including phenoxy) is 2. The van der Waals surface area contributed by atoms with Crippen molar-refractivity contribution in [1.29, 1.82) is 0 Å². The summed E-state index contributed by atoms with van der Waals surface area (Å²) in [6, 6.07) is 8.07. The largest absolute Gasteiger partial charge is 0.494 e. The average molecular weight is 339 g/mol. The van der Waals surface area contributed by atoms with E-state index in [0.29, 0.717) is 32.3 Å². The third-order valence-corrected chi connectivity index (χ3v) is 4.54. The van der Waals surface area contributed by atoms with Crippen molar-refractivity contribution in [1.82, 2.24) is 0 Å². The first-order chi connectivity index (χ1) is 11.1. The Balaban J connectivity index is 1.88. The van der Waals surface area contributed by atoms with Gasteiger partial charge in [0.2, 0.25) is 0 Å². The van der Waals surface area contributed by atoms with Gasteiger partial charge in [-0.15, -0.1) is 11.6 Å². The Morgan fingerprint density at radius 3 is 2.39 bits per heavy atom. The highest BCUT2D eigenvalue weighted by atomic mass is 35.5. The first-order valence-corrected chi connectivity index (χ1v) is 8.76. The molecular weight excluding hydrogens is 314 g/mol. The first-order valence-electron chi connectivity index (χ1n) is 8.23. The van der Waals surface area contributed by atoms with Gasteiger partial charge in [0.25, 0.3) is 0 Å². The lowest BCUT2D eigenvalue weighted by Crippen LogP contribution is -2.50. The van der Waals surface area contributed by atoms with E-state index < -0.39 is 5.79 Å². The van der Waals surface area contributed by atoms with Gasteiger partial charge in [-0.05, 0) is 11.9 Å². The van der Waals surface area contributed by atoms with Gasteiger partial charge >= 0.3 is 7.12 Å². The van der Waals surface area contributed by atoms with Crippen LogP contribution in [0.15, 0.2) is 24.3 Å². The summed E-state index contributed by atoms with van der Waals surface area (Å²) in [4.78, 5) is 0. The first kappa shape index (κ1) is 17.2. The fraction of sp³-hybridized carbons (Fsp3) is 0.647. The molecule has 0 amide bonds. The van der Waals surface area contributed by atoms with Gasteiger partial charge in [0.15, 0.2) is 5.79 Å². The van der Waals surface area contributed by atoms with E-state index in [1.54, 1.807) is 0 Å². The molecule has 0 saturated carbocycles. The highest BCUT2D eigenvalue weighted by Crippen LogP contribution is 2.36. The number of hydrogen-bond acceptors (Lipinski definition) is 4. The van der Waals surface area contributed by atoms with E-state index in [9.17, 15) is 0 Å². The Morgan fingerprint density at radius 2 is 1.74 bits per heavy atom. The topological polar surface area (TPSA) is 36.9 Å². The van der Waals surface area contributed by atoms with Crippen LogP contribution in [0.2, 0.25) is 0 Å². The van der Waals surface area contributed by atoms with Crippen LogP contribution in [0.25, 0.3) is 0 Å². The average Bonchev–Trinajstić information content (AvgIpc) is 3.03. The van der Waals surface area contributed by atoms with Crippen LogP contribution in [0.5, 0.6) is 0 Å². The fourth-order valence-electron chi connectivity index (χ4n) is 3.11. The van der Waals surface area contributed by atoms with Crippen molar-refractivity contribution < 1.29 is 18.8 Å². The third-order valence-electron chi connectivity index (χ3n) is 4.27. The van der Waals surface area contributed by atoms with Crippen molar-refractivity contribution >= 4 is 24.2 Å². The summed E-state index contributed by atoms with van der Waals surface area (Å²) < 4.78 is 24.0. The standard InChI is InChI=1S/C17H24BClO4/c1-16(2)12-22-18(23-13-16)15-7-4-3-6-14(15)17(8-5-9-19)20-10-11-21-17/h3-4,6-7H,5,8-13H2,1-2H3. The van der Waals surface area contributed by atoms with Crippen molar-refractivity contribution in [3.8, 4) is 0 Å². The molecule has 126 valence electrons. The number of benzene rings is 1. The minimum atomic E-state index is -0.731. The van der Waals surface area contributed by atoms with Crippen LogP contribution in [-0.4, -0.2) is 39.4 Å². The maximum atomic E-state index is 6.01. The summed E-state index contributed by atoms with van der Waals surface area (Å²) in [5.74, 6) is -0.146. The number of hydrogen-bond donors (Lipinski definition) is 0. The lowest BCUT2D eigenvalue weighted by atomic mass is 9.71. The highest BCUT2D eigenvalue weighted by molar-refractivity contribution is 6.62. The van der Waals surface area contributed by atoms with E-state index in [0.717, 1.165) is 23.9 Å². The molecule has 3 rings (SSSR count). The predicted octanol–water partition coefficient (Wildman–Crippen LogP) is 2.67. The number of alkyl halides is 1. The van der Waals surface area contributed by atoms with Gasteiger partial charge in [0.1, 0.15) is 0 Å². The number of rotatable bonds is 5. The molecule has 0 aliphatic carbocycles. The summed E-state index contributed by atoms with van der Waals surface area (Å²) in [6.07, 6.45) is 1.56. The molecule has 2 fully saturated rings. The molecule has 0 radical (unpaired) electrons. The quantitative estimate of drug-likeness (QED) is 0.611. The summed E-state index contributed by atoms with van der Waals surface area (Å²) in [6.45, 7) is 6.80. The van der Waals surface area contributed by atoms with Crippen molar-refractivity contribution in [2.24, 2.45) is 5.41 Å². The van der Waals surface area contributed by atoms with Gasteiger partial charge in [-0.3, -0.25) is 0 Å². The maximum absolute atomic E-state index is 6.01. The molecule has 0 aromatic heterocycles. The summed E-state index contributed by atoms with van der Waals surface area (Å²) >= 11 is 5.89. The predicted molar refractivity (Wildman–Crippen MR) is 91.1 cm³/mol. The zero-order chi connectivity index (χ0) is 16.3. The summed E-state index contributed by atoms with van der Waals surface area (Å²) in [5.41, 5.74) is 2.02. The Bertz CT molecular complexity index is 521. The summed E-state index contributed by atoms with van der Waals surface area (Å²) in [7, 11) is -0.375. The van der Waals surface area contributed by atoms with Crippen molar-refractivity contribution in [3.05, 3.63) is 29.8 Å². The van der Waals surface area contributed by atoms with Crippen LogP contribution in [0, 0.1) is 5.41 Å². The Labute approximate surface area is 143 Å². The van der Waals surface area contributed by atoms with E-state index in [4.69, 9.17) is 30.4 Å². The minimum Gasteiger partial charge on any atom is -0.407 e. The SMILES string of the molecule is CC1(C)COB(c2ccccc2C2(CCCCl)OCCO2)OC1. The molecule has 1 aromatic rings. The smallest absolute Gasteiger partial charge is 0.407 e. The molecule has 0 spiro atoms. The van der Waals surface area contributed by atoms with Crippen molar-refractivity contribution in [3.63, 3.8) is 0 Å². The van der Waals surface area contributed by atoms with E-state index in [2.05, 4.69) is 13.8 Å². The Hall–Kier alpha value is -0.585. The second kappa shape index (κ2) is 7.12. The third kappa shape index (κ3) is 3.75. The molecule has 2 saturated heterocycles. The van der Waals surface area contributed by atoms with E-state index in [-0.39, 0.29) is 12.5 Å². The minimum absolute atomic E-state index is 0.0438. The molecule has 0 N–H and O–H groups in total. The van der Waals surface area contributed by atoms with Gasteiger partial charge in [0, 0.05) is 36.5 Å². The molecular formula is C17H24BClO4. The van der Waals surface area contributed by atoms with Crippen LogP contribution in [-0.2, 0) is 24.6 Å². The van der Waals surface area contributed by atoms with E-state index in [1.807, 2.05) is 24.3 Å². The van der Waals surface area contributed by atoms with Crippen LogP contribution in [0.3, 0.4) is 0 Å². The van der Waals surface area contributed by atoms with Crippen molar-refractivity contribution in [2.45, 2.75) is 32.5 Å². The zero-order valence-corrected chi connectivity index (χ0v) is 14.6. The summed E-state index contributed by atoms with van der Waals surface area (Å²) in [5, 5.41) is 0. The molecule has 0 bridgehead atoms. The van der Waals surface area contributed by atoms with E-state index >= 15 is 0 Å². The van der Waals surface area contributed by atoms with Gasteiger partial charge < -0.3 is 18.8 Å².